The molecule has 20 heavy (non-hydrogen) atoms. The number of hydrogen-bond donors (Lipinski definition) is 1. The smallest absolute Gasteiger partial charge is 0.130 e. The maximum absolute atomic E-state index is 6.16. The van der Waals surface area contributed by atoms with Gasteiger partial charge in [0.2, 0.25) is 0 Å². The second-order valence-corrected chi connectivity index (χ2v) is 5.51. The van der Waals surface area contributed by atoms with Gasteiger partial charge in [-0.1, -0.05) is 29.8 Å². The molecule has 2 rings (SSSR count). The third kappa shape index (κ3) is 3.14. The molecule has 1 aromatic heterocycles. The highest BCUT2D eigenvalue weighted by molar-refractivity contribution is 6.31. The summed E-state index contributed by atoms with van der Waals surface area (Å²) >= 11 is 6.16. The second-order valence-electron chi connectivity index (χ2n) is 5.10. The number of nitrogens with zero attached hydrogens (tertiary/aromatic N) is 3. The molecule has 1 N–H and O–H groups in total. The van der Waals surface area contributed by atoms with Crippen LogP contribution in [0.4, 0.5) is 5.82 Å². The lowest BCUT2D eigenvalue weighted by molar-refractivity contribution is 0.689. The molecule has 0 spiro atoms. The van der Waals surface area contributed by atoms with Gasteiger partial charge in [0.15, 0.2) is 0 Å². The van der Waals surface area contributed by atoms with E-state index >= 15 is 0 Å². The second kappa shape index (κ2) is 6.29. The van der Waals surface area contributed by atoms with Crippen LogP contribution >= 0.6 is 11.6 Å². The zero-order valence-corrected chi connectivity index (χ0v) is 13.2. The zero-order valence-electron chi connectivity index (χ0n) is 12.4. The molecular formula is C15H21ClN4. The Labute approximate surface area is 125 Å². The molecule has 0 radical (unpaired) electrons. The first-order chi connectivity index (χ1) is 9.50. The first-order valence-corrected chi connectivity index (χ1v) is 7.02. The van der Waals surface area contributed by atoms with Gasteiger partial charge in [-0.2, -0.15) is 5.10 Å². The van der Waals surface area contributed by atoms with Crippen LogP contribution in [-0.4, -0.2) is 23.9 Å². The van der Waals surface area contributed by atoms with E-state index in [1.54, 1.807) is 0 Å². The van der Waals surface area contributed by atoms with E-state index in [2.05, 4.69) is 15.3 Å². The van der Waals surface area contributed by atoms with Crippen molar-refractivity contribution >= 4 is 17.4 Å². The molecule has 1 heterocycles. The predicted octanol–water partition coefficient (Wildman–Crippen LogP) is 2.74. The van der Waals surface area contributed by atoms with Gasteiger partial charge < -0.3 is 10.2 Å². The Morgan fingerprint density at radius 1 is 1.25 bits per heavy atom. The molecule has 0 aliphatic heterocycles. The van der Waals surface area contributed by atoms with Crippen LogP contribution in [0.1, 0.15) is 16.8 Å². The first kappa shape index (κ1) is 14.9. The topological polar surface area (TPSA) is 33.1 Å². The molecule has 0 aliphatic rings. The number of aryl methyl sites for hydroxylation is 2. The Kier molecular flexibility index (Phi) is 4.68. The number of aromatic nitrogens is 2. The van der Waals surface area contributed by atoms with Gasteiger partial charge in [-0.15, -0.1) is 0 Å². The van der Waals surface area contributed by atoms with Crippen LogP contribution in [0.15, 0.2) is 24.3 Å². The summed E-state index contributed by atoms with van der Waals surface area (Å²) in [5.74, 6) is 1.13. The number of benzene rings is 1. The average Bonchev–Trinajstić information content (AvgIpc) is 2.66. The Morgan fingerprint density at radius 2 is 1.95 bits per heavy atom. The summed E-state index contributed by atoms with van der Waals surface area (Å²) in [4.78, 5) is 2.09. The summed E-state index contributed by atoms with van der Waals surface area (Å²) < 4.78 is 1.92. The van der Waals surface area contributed by atoms with Crippen LogP contribution < -0.4 is 10.2 Å². The minimum atomic E-state index is 0.751. The highest BCUT2D eigenvalue weighted by Crippen LogP contribution is 2.21. The molecule has 5 heteroatoms. The summed E-state index contributed by atoms with van der Waals surface area (Å²) in [6.07, 6.45) is 0. The SMILES string of the molecule is Cc1nn(C)c(N(C)C)c1CNCc1ccccc1Cl. The van der Waals surface area contributed by atoms with Gasteiger partial charge in [0.05, 0.1) is 5.69 Å². The molecule has 0 fully saturated rings. The molecule has 2 aromatic rings. The summed E-state index contributed by atoms with van der Waals surface area (Å²) in [7, 11) is 6.04. The van der Waals surface area contributed by atoms with Gasteiger partial charge in [-0.25, -0.2) is 0 Å². The highest BCUT2D eigenvalue weighted by atomic mass is 35.5. The molecular weight excluding hydrogens is 272 g/mol. The Morgan fingerprint density at radius 3 is 2.60 bits per heavy atom. The number of halogens is 1. The lowest BCUT2D eigenvalue weighted by atomic mass is 10.2. The maximum Gasteiger partial charge on any atom is 0.130 e. The number of rotatable bonds is 5. The van der Waals surface area contributed by atoms with E-state index in [9.17, 15) is 0 Å². The summed E-state index contributed by atoms with van der Waals surface area (Å²) in [5.41, 5.74) is 3.40. The van der Waals surface area contributed by atoms with Crippen LogP contribution in [0.3, 0.4) is 0 Å². The van der Waals surface area contributed by atoms with Crippen molar-refractivity contribution in [2.45, 2.75) is 20.0 Å². The van der Waals surface area contributed by atoms with Crippen molar-refractivity contribution in [3.8, 4) is 0 Å². The van der Waals surface area contributed by atoms with Crippen molar-refractivity contribution in [1.29, 1.82) is 0 Å². The van der Waals surface area contributed by atoms with E-state index in [-0.39, 0.29) is 0 Å². The van der Waals surface area contributed by atoms with Crippen molar-refractivity contribution in [2.75, 3.05) is 19.0 Å². The third-order valence-corrected chi connectivity index (χ3v) is 3.68. The lowest BCUT2D eigenvalue weighted by Gasteiger charge is -2.15. The van der Waals surface area contributed by atoms with E-state index in [1.807, 2.05) is 57.0 Å². The molecule has 1 aromatic carbocycles. The molecule has 0 unspecified atom stereocenters. The van der Waals surface area contributed by atoms with Crippen molar-refractivity contribution in [3.63, 3.8) is 0 Å². The fourth-order valence-electron chi connectivity index (χ4n) is 2.42. The standard InChI is InChI=1S/C15H21ClN4/c1-11-13(15(19(2)3)20(4)18-11)10-17-9-12-7-5-6-8-14(12)16/h5-8,17H,9-10H2,1-4H3. The highest BCUT2D eigenvalue weighted by Gasteiger charge is 2.14. The van der Waals surface area contributed by atoms with E-state index in [0.29, 0.717) is 0 Å². The summed E-state index contributed by atoms with van der Waals surface area (Å²) in [6.45, 7) is 3.57. The number of hydrogen-bond acceptors (Lipinski definition) is 3. The molecule has 108 valence electrons. The fraction of sp³-hybridized carbons (Fsp3) is 0.400. The largest absolute Gasteiger partial charge is 0.363 e. The minimum absolute atomic E-state index is 0.751. The summed E-state index contributed by atoms with van der Waals surface area (Å²) in [5, 5.41) is 8.73. The Bertz CT molecular complexity index is 590. The quantitative estimate of drug-likeness (QED) is 0.920. The Hall–Kier alpha value is -1.52. The van der Waals surface area contributed by atoms with E-state index in [1.165, 1.54) is 5.56 Å². The van der Waals surface area contributed by atoms with Crippen LogP contribution in [0, 0.1) is 6.92 Å². The fourth-order valence-corrected chi connectivity index (χ4v) is 2.62. The normalized spacial score (nSPS) is 10.8. The molecule has 0 saturated heterocycles. The van der Waals surface area contributed by atoms with Crippen LogP contribution in [-0.2, 0) is 20.1 Å². The van der Waals surface area contributed by atoms with Crippen LogP contribution in [0.5, 0.6) is 0 Å². The van der Waals surface area contributed by atoms with E-state index in [0.717, 1.165) is 35.2 Å². The van der Waals surface area contributed by atoms with E-state index < -0.39 is 0 Å². The number of nitrogens with one attached hydrogen (secondary N) is 1. The summed E-state index contributed by atoms with van der Waals surface area (Å²) in [6, 6.07) is 7.90. The molecule has 0 bridgehead atoms. The van der Waals surface area contributed by atoms with Crippen LogP contribution in [0.25, 0.3) is 0 Å². The minimum Gasteiger partial charge on any atom is -0.363 e. The predicted molar refractivity (Wildman–Crippen MR) is 84.3 cm³/mol. The zero-order chi connectivity index (χ0) is 14.7. The Balaban J connectivity index is 2.07. The van der Waals surface area contributed by atoms with Crippen molar-refractivity contribution in [1.82, 2.24) is 15.1 Å². The van der Waals surface area contributed by atoms with Crippen LogP contribution in [0.2, 0.25) is 5.02 Å². The molecule has 0 aliphatic carbocycles. The first-order valence-electron chi connectivity index (χ1n) is 6.64. The molecule has 0 atom stereocenters. The van der Waals surface area contributed by atoms with Gasteiger partial charge in [0, 0.05) is 44.8 Å². The lowest BCUT2D eigenvalue weighted by Crippen LogP contribution is -2.19. The molecule has 4 nitrogen and oxygen atoms in total. The van der Waals surface area contributed by atoms with Crippen molar-refractivity contribution in [2.24, 2.45) is 7.05 Å². The van der Waals surface area contributed by atoms with Gasteiger partial charge in [0.1, 0.15) is 5.82 Å². The van der Waals surface area contributed by atoms with Gasteiger partial charge >= 0.3 is 0 Å². The van der Waals surface area contributed by atoms with E-state index in [4.69, 9.17) is 11.6 Å². The van der Waals surface area contributed by atoms with Gasteiger partial charge in [0.25, 0.3) is 0 Å². The molecule has 0 amide bonds. The number of anilines is 1. The maximum atomic E-state index is 6.16. The average molecular weight is 293 g/mol. The van der Waals surface area contributed by atoms with Crippen molar-refractivity contribution in [3.05, 3.63) is 46.1 Å². The van der Waals surface area contributed by atoms with Gasteiger partial charge in [-0.05, 0) is 18.6 Å². The third-order valence-electron chi connectivity index (χ3n) is 3.31. The monoisotopic (exact) mass is 292 g/mol. The van der Waals surface area contributed by atoms with Crippen molar-refractivity contribution < 1.29 is 0 Å². The molecule has 0 saturated carbocycles. The van der Waals surface area contributed by atoms with Gasteiger partial charge in [-0.3, -0.25) is 4.68 Å².